The summed E-state index contributed by atoms with van der Waals surface area (Å²) in [5.41, 5.74) is 2.23. The minimum Gasteiger partial charge on any atom is -0.478 e. The molecule has 0 saturated carbocycles. The highest BCUT2D eigenvalue weighted by Gasteiger charge is 2.13. The fourth-order valence-corrected chi connectivity index (χ4v) is 1.92. The monoisotopic (exact) mass is 266 g/mol. The van der Waals surface area contributed by atoms with Crippen molar-refractivity contribution in [2.45, 2.75) is 6.92 Å². The molecular weight excluding hydrogens is 252 g/mol. The Balaban J connectivity index is 2.27. The second-order valence-corrected chi connectivity index (χ2v) is 4.46. The molecule has 0 heterocycles. The standard InChI is InChI=1S/C17H14O3/c1-12-5-4-6-13(11-12)9-10-16(18)14-7-2-3-8-15(14)17(19)20/h2-11H,1H3,(H,19,20). The molecule has 3 heteroatoms. The minimum atomic E-state index is -1.10. The second kappa shape index (κ2) is 5.97. The zero-order valence-electron chi connectivity index (χ0n) is 11.0. The normalized spacial score (nSPS) is 10.7. The Morgan fingerprint density at radius 1 is 1.00 bits per heavy atom. The summed E-state index contributed by atoms with van der Waals surface area (Å²) in [7, 11) is 0. The second-order valence-electron chi connectivity index (χ2n) is 4.46. The molecule has 0 aromatic heterocycles. The summed E-state index contributed by atoms with van der Waals surface area (Å²) in [6, 6.07) is 13.9. The number of carboxylic acid groups (broad SMARTS) is 1. The molecule has 0 radical (unpaired) electrons. The Kier molecular flexibility index (Phi) is 4.11. The molecule has 2 aromatic carbocycles. The van der Waals surface area contributed by atoms with E-state index in [2.05, 4.69) is 0 Å². The lowest BCUT2D eigenvalue weighted by atomic mass is 10.0. The van der Waals surface area contributed by atoms with Crippen molar-refractivity contribution in [2.24, 2.45) is 0 Å². The van der Waals surface area contributed by atoms with Gasteiger partial charge in [-0.2, -0.15) is 0 Å². The van der Waals surface area contributed by atoms with Gasteiger partial charge in [0.05, 0.1) is 5.56 Å². The predicted molar refractivity (Wildman–Crippen MR) is 77.9 cm³/mol. The van der Waals surface area contributed by atoms with Gasteiger partial charge in [-0.3, -0.25) is 4.79 Å². The summed E-state index contributed by atoms with van der Waals surface area (Å²) in [6.07, 6.45) is 3.09. The summed E-state index contributed by atoms with van der Waals surface area (Å²) < 4.78 is 0. The smallest absolute Gasteiger partial charge is 0.336 e. The van der Waals surface area contributed by atoms with Crippen LogP contribution in [0.4, 0.5) is 0 Å². The fourth-order valence-electron chi connectivity index (χ4n) is 1.92. The molecule has 0 bridgehead atoms. The third-order valence-corrected chi connectivity index (χ3v) is 2.89. The van der Waals surface area contributed by atoms with Gasteiger partial charge in [-0.15, -0.1) is 0 Å². The average Bonchev–Trinajstić information content (AvgIpc) is 2.45. The molecular formula is C17H14O3. The first-order chi connectivity index (χ1) is 9.58. The van der Waals surface area contributed by atoms with Gasteiger partial charge in [0, 0.05) is 5.56 Å². The number of hydrogen-bond donors (Lipinski definition) is 1. The zero-order valence-corrected chi connectivity index (χ0v) is 11.0. The third kappa shape index (κ3) is 3.20. The summed E-state index contributed by atoms with van der Waals surface area (Å²) in [4.78, 5) is 23.1. The molecule has 2 rings (SSSR count). The van der Waals surface area contributed by atoms with Gasteiger partial charge in [0.15, 0.2) is 5.78 Å². The topological polar surface area (TPSA) is 54.4 Å². The SMILES string of the molecule is Cc1cccc(C=CC(=O)c2ccccc2C(=O)O)c1. The number of allylic oxidation sites excluding steroid dienone is 1. The number of benzene rings is 2. The number of hydrogen-bond acceptors (Lipinski definition) is 2. The van der Waals surface area contributed by atoms with Crippen LogP contribution in [0.2, 0.25) is 0 Å². The van der Waals surface area contributed by atoms with Crippen LogP contribution >= 0.6 is 0 Å². The van der Waals surface area contributed by atoms with Gasteiger partial charge in [0.25, 0.3) is 0 Å². The van der Waals surface area contributed by atoms with Crippen molar-refractivity contribution in [3.8, 4) is 0 Å². The number of carboxylic acids is 1. The molecule has 0 unspecified atom stereocenters. The van der Waals surface area contributed by atoms with E-state index in [1.54, 1.807) is 18.2 Å². The Labute approximate surface area is 117 Å². The predicted octanol–water partition coefficient (Wildman–Crippen LogP) is 3.59. The molecule has 0 saturated heterocycles. The molecule has 0 atom stereocenters. The fraction of sp³-hybridized carbons (Fsp3) is 0.0588. The Morgan fingerprint density at radius 3 is 2.35 bits per heavy atom. The van der Waals surface area contributed by atoms with Crippen LogP contribution < -0.4 is 0 Å². The molecule has 3 nitrogen and oxygen atoms in total. The van der Waals surface area contributed by atoms with Crippen molar-refractivity contribution >= 4 is 17.8 Å². The van der Waals surface area contributed by atoms with Gasteiger partial charge in [0.1, 0.15) is 0 Å². The minimum absolute atomic E-state index is 0.0198. The van der Waals surface area contributed by atoms with E-state index < -0.39 is 5.97 Å². The molecule has 20 heavy (non-hydrogen) atoms. The van der Waals surface area contributed by atoms with Crippen molar-refractivity contribution in [2.75, 3.05) is 0 Å². The van der Waals surface area contributed by atoms with Crippen molar-refractivity contribution in [1.82, 2.24) is 0 Å². The maximum Gasteiger partial charge on any atom is 0.336 e. The van der Waals surface area contributed by atoms with E-state index in [0.717, 1.165) is 11.1 Å². The molecule has 0 spiro atoms. The van der Waals surface area contributed by atoms with Crippen molar-refractivity contribution in [3.63, 3.8) is 0 Å². The van der Waals surface area contributed by atoms with Crippen molar-refractivity contribution < 1.29 is 14.7 Å². The van der Waals surface area contributed by atoms with E-state index >= 15 is 0 Å². The number of ketones is 1. The van der Waals surface area contributed by atoms with Crippen LogP contribution in [0.15, 0.2) is 54.6 Å². The first-order valence-corrected chi connectivity index (χ1v) is 6.19. The van der Waals surface area contributed by atoms with Crippen LogP contribution in [-0.2, 0) is 0 Å². The van der Waals surface area contributed by atoms with Gasteiger partial charge < -0.3 is 5.11 Å². The van der Waals surface area contributed by atoms with Gasteiger partial charge in [-0.05, 0) is 24.6 Å². The summed E-state index contributed by atoms with van der Waals surface area (Å²) in [5.74, 6) is -1.41. The average molecular weight is 266 g/mol. The number of aryl methyl sites for hydroxylation is 1. The van der Waals surface area contributed by atoms with Crippen LogP contribution in [-0.4, -0.2) is 16.9 Å². The van der Waals surface area contributed by atoms with E-state index in [0.29, 0.717) is 0 Å². The quantitative estimate of drug-likeness (QED) is 0.679. The molecule has 100 valence electrons. The first-order valence-electron chi connectivity index (χ1n) is 6.19. The number of aromatic carboxylic acids is 1. The van der Waals surface area contributed by atoms with Crippen molar-refractivity contribution in [1.29, 1.82) is 0 Å². The number of rotatable bonds is 4. The molecule has 0 aliphatic heterocycles. The van der Waals surface area contributed by atoms with Crippen LogP contribution in [0.1, 0.15) is 31.8 Å². The van der Waals surface area contributed by atoms with Gasteiger partial charge in [-0.25, -0.2) is 4.79 Å². The lowest BCUT2D eigenvalue weighted by molar-refractivity contribution is 0.0693. The van der Waals surface area contributed by atoms with E-state index in [1.807, 2.05) is 31.2 Å². The van der Waals surface area contributed by atoms with Crippen LogP contribution in [0.3, 0.4) is 0 Å². The Bertz CT molecular complexity index is 684. The van der Waals surface area contributed by atoms with Crippen LogP contribution in [0.5, 0.6) is 0 Å². The van der Waals surface area contributed by atoms with E-state index in [1.165, 1.54) is 18.2 Å². The summed E-state index contributed by atoms with van der Waals surface area (Å²) in [5, 5.41) is 9.06. The molecule has 0 fully saturated rings. The number of carbonyl (C=O) groups excluding carboxylic acids is 1. The first kappa shape index (κ1) is 13.7. The molecule has 0 aliphatic carbocycles. The highest BCUT2D eigenvalue weighted by molar-refractivity contribution is 6.12. The molecule has 1 N–H and O–H groups in total. The van der Waals surface area contributed by atoms with Crippen LogP contribution in [0.25, 0.3) is 6.08 Å². The largest absolute Gasteiger partial charge is 0.478 e. The van der Waals surface area contributed by atoms with Gasteiger partial charge in [0.2, 0.25) is 0 Å². The van der Waals surface area contributed by atoms with Crippen LogP contribution in [0, 0.1) is 6.92 Å². The van der Waals surface area contributed by atoms with E-state index in [9.17, 15) is 9.59 Å². The maximum atomic E-state index is 12.1. The van der Waals surface area contributed by atoms with Gasteiger partial charge in [-0.1, -0.05) is 54.1 Å². The number of carbonyl (C=O) groups is 2. The maximum absolute atomic E-state index is 12.1. The Morgan fingerprint density at radius 2 is 1.70 bits per heavy atom. The molecule has 2 aromatic rings. The summed E-state index contributed by atoms with van der Waals surface area (Å²) in [6.45, 7) is 1.97. The Hall–Kier alpha value is -2.68. The lowest BCUT2D eigenvalue weighted by Crippen LogP contribution is -2.06. The molecule has 0 aliphatic rings. The highest BCUT2D eigenvalue weighted by atomic mass is 16.4. The van der Waals surface area contributed by atoms with Gasteiger partial charge >= 0.3 is 5.97 Å². The van der Waals surface area contributed by atoms with E-state index in [-0.39, 0.29) is 16.9 Å². The third-order valence-electron chi connectivity index (χ3n) is 2.89. The lowest BCUT2D eigenvalue weighted by Gasteiger charge is -2.01. The van der Waals surface area contributed by atoms with Crippen molar-refractivity contribution in [3.05, 3.63) is 76.9 Å². The van der Waals surface area contributed by atoms with E-state index in [4.69, 9.17) is 5.11 Å². The zero-order chi connectivity index (χ0) is 14.5. The summed E-state index contributed by atoms with van der Waals surface area (Å²) >= 11 is 0. The molecule has 0 amide bonds. The highest BCUT2D eigenvalue weighted by Crippen LogP contribution is 2.12.